The lowest BCUT2D eigenvalue weighted by Gasteiger charge is -2.33. The number of carbonyl (C=O) groups excluding carboxylic acids is 2. The Kier molecular flexibility index (Phi) is 6.89. The first kappa shape index (κ1) is 22.0. The first-order valence-corrected chi connectivity index (χ1v) is 10.7. The fourth-order valence-corrected chi connectivity index (χ4v) is 3.39. The molecule has 0 fully saturated rings. The molecule has 0 aliphatic rings. The second-order valence-electron chi connectivity index (χ2n) is 7.49. The lowest BCUT2D eigenvalue weighted by atomic mass is 10.0. The topological polar surface area (TPSA) is 88.3 Å². The number of aromatic nitrogens is 2. The van der Waals surface area contributed by atoms with Crippen LogP contribution in [0, 0.1) is 0 Å². The van der Waals surface area contributed by atoms with Crippen molar-refractivity contribution in [2.75, 3.05) is 0 Å². The predicted octanol–water partition coefficient (Wildman–Crippen LogP) is 4.47. The van der Waals surface area contributed by atoms with Crippen LogP contribution in [0.4, 0.5) is 0 Å². The number of amides is 2. The molecule has 1 atom stereocenters. The number of carbonyl (C=O) groups is 2. The quantitative estimate of drug-likeness (QED) is 0.551. The first-order valence-electron chi connectivity index (χ1n) is 9.48. The summed E-state index contributed by atoms with van der Waals surface area (Å²) in [7, 11) is 0. The third-order valence-electron chi connectivity index (χ3n) is 4.82. The number of nitrogens with zero attached hydrogens (tertiary/aromatic N) is 3. The van der Waals surface area contributed by atoms with E-state index in [2.05, 4.69) is 14.9 Å². The van der Waals surface area contributed by atoms with Crippen LogP contribution in [-0.2, 0) is 11.3 Å². The predicted molar refractivity (Wildman–Crippen MR) is 115 cm³/mol. The molecule has 2 amide bonds. The number of rotatable bonds is 8. The Hall–Kier alpha value is -2.71. The van der Waals surface area contributed by atoms with E-state index in [-0.39, 0.29) is 18.1 Å². The van der Waals surface area contributed by atoms with Gasteiger partial charge in [0.25, 0.3) is 11.8 Å². The monoisotopic (exact) mass is 446 g/mol. The van der Waals surface area contributed by atoms with E-state index in [0.717, 1.165) is 23.5 Å². The van der Waals surface area contributed by atoms with Gasteiger partial charge in [-0.05, 0) is 61.6 Å². The molecule has 0 aliphatic carbocycles. The highest BCUT2D eigenvalue weighted by atomic mass is 35.5. The van der Waals surface area contributed by atoms with Gasteiger partial charge in [-0.15, -0.1) is 5.10 Å². The summed E-state index contributed by atoms with van der Waals surface area (Å²) in [5, 5.41) is 9.07. The normalized spacial score (nSPS) is 12.4. The Morgan fingerprint density at radius 1 is 1.27 bits per heavy atom. The Labute approximate surface area is 184 Å². The van der Waals surface area contributed by atoms with E-state index < -0.39 is 17.5 Å². The van der Waals surface area contributed by atoms with Crippen molar-refractivity contribution >= 4 is 34.9 Å². The Morgan fingerprint density at radius 2 is 2.00 bits per heavy atom. The molecule has 1 aromatic carbocycles. The van der Waals surface area contributed by atoms with Crippen molar-refractivity contribution in [3.8, 4) is 0 Å². The molecular weight excluding hydrogens is 424 g/mol. The summed E-state index contributed by atoms with van der Waals surface area (Å²) >= 11 is 7.07. The molecule has 158 valence electrons. The smallest absolute Gasteiger partial charge is 0.276 e. The van der Waals surface area contributed by atoms with Crippen molar-refractivity contribution in [3.05, 3.63) is 70.1 Å². The highest BCUT2D eigenvalue weighted by molar-refractivity contribution is 7.03. The van der Waals surface area contributed by atoms with Gasteiger partial charge in [0.05, 0.1) is 6.26 Å². The maximum atomic E-state index is 13.4. The standard InChI is InChI=1S/C21H23ClN4O3S/c1-4-21(2,3)23-19(27)18(17-6-5-11-29-17)26(20(28)16-13-30-25-24-16)12-14-7-9-15(22)10-8-14/h5-11,13,18H,4,12H2,1-3H3,(H,23,27)/t18-/m1/s1. The van der Waals surface area contributed by atoms with Crippen LogP contribution in [0.2, 0.25) is 5.02 Å². The average Bonchev–Trinajstić information content (AvgIpc) is 3.42. The molecule has 0 unspecified atom stereocenters. The summed E-state index contributed by atoms with van der Waals surface area (Å²) in [6, 6.07) is 9.51. The minimum Gasteiger partial charge on any atom is -0.467 e. The maximum absolute atomic E-state index is 13.4. The van der Waals surface area contributed by atoms with E-state index in [4.69, 9.17) is 16.0 Å². The van der Waals surface area contributed by atoms with Crippen LogP contribution in [0.25, 0.3) is 0 Å². The Morgan fingerprint density at radius 3 is 2.57 bits per heavy atom. The Bertz CT molecular complexity index is 972. The second-order valence-corrected chi connectivity index (χ2v) is 8.54. The van der Waals surface area contributed by atoms with E-state index >= 15 is 0 Å². The number of halogens is 1. The zero-order valence-corrected chi connectivity index (χ0v) is 18.5. The number of nitrogens with one attached hydrogen (secondary N) is 1. The highest BCUT2D eigenvalue weighted by Crippen LogP contribution is 2.27. The van der Waals surface area contributed by atoms with Crippen LogP contribution in [0.1, 0.15) is 55.0 Å². The average molecular weight is 447 g/mol. The molecule has 2 aromatic heterocycles. The van der Waals surface area contributed by atoms with E-state index in [1.54, 1.807) is 29.6 Å². The second kappa shape index (κ2) is 9.40. The number of furan rings is 1. The molecule has 7 nitrogen and oxygen atoms in total. The van der Waals surface area contributed by atoms with Gasteiger partial charge in [0.2, 0.25) is 0 Å². The minimum absolute atomic E-state index is 0.166. The summed E-state index contributed by atoms with van der Waals surface area (Å²) < 4.78 is 9.35. The number of hydrogen-bond donors (Lipinski definition) is 1. The van der Waals surface area contributed by atoms with Crippen molar-refractivity contribution < 1.29 is 14.0 Å². The van der Waals surface area contributed by atoms with E-state index in [1.807, 2.05) is 32.9 Å². The van der Waals surface area contributed by atoms with Gasteiger partial charge in [-0.3, -0.25) is 9.59 Å². The van der Waals surface area contributed by atoms with E-state index in [0.29, 0.717) is 10.8 Å². The molecule has 0 bridgehead atoms. The zero-order valence-electron chi connectivity index (χ0n) is 17.0. The summed E-state index contributed by atoms with van der Waals surface area (Å²) in [4.78, 5) is 28.1. The van der Waals surface area contributed by atoms with Crippen LogP contribution in [-0.4, -0.2) is 31.8 Å². The fourth-order valence-electron chi connectivity index (χ4n) is 2.83. The van der Waals surface area contributed by atoms with Gasteiger partial charge in [0, 0.05) is 22.5 Å². The molecule has 30 heavy (non-hydrogen) atoms. The van der Waals surface area contributed by atoms with Crippen LogP contribution >= 0.6 is 23.1 Å². The van der Waals surface area contributed by atoms with Gasteiger partial charge in [-0.1, -0.05) is 35.1 Å². The van der Waals surface area contributed by atoms with Gasteiger partial charge >= 0.3 is 0 Å². The van der Waals surface area contributed by atoms with Gasteiger partial charge < -0.3 is 14.6 Å². The lowest BCUT2D eigenvalue weighted by molar-refractivity contribution is -0.128. The van der Waals surface area contributed by atoms with Crippen molar-refractivity contribution in [2.24, 2.45) is 0 Å². The molecular formula is C21H23ClN4O3S. The highest BCUT2D eigenvalue weighted by Gasteiger charge is 2.36. The van der Waals surface area contributed by atoms with Crippen LogP contribution in [0.3, 0.4) is 0 Å². The van der Waals surface area contributed by atoms with Gasteiger partial charge in [0.15, 0.2) is 11.7 Å². The maximum Gasteiger partial charge on any atom is 0.276 e. The summed E-state index contributed by atoms with van der Waals surface area (Å²) in [5.74, 6) is -0.378. The number of benzene rings is 1. The van der Waals surface area contributed by atoms with E-state index in [9.17, 15) is 9.59 Å². The van der Waals surface area contributed by atoms with Crippen LogP contribution < -0.4 is 5.32 Å². The van der Waals surface area contributed by atoms with E-state index in [1.165, 1.54) is 11.2 Å². The summed E-state index contributed by atoms with van der Waals surface area (Å²) in [5.41, 5.74) is 0.544. The molecule has 3 rings (SSSR count). The fraction of sp³-hybridized carbons (Fsp3) is 0.333. The zero-order chi connectivity index (χ0) is 21.7. The summed E-state index contributed by atoms with van der Waals surface area (Å²) in [6.45, 7) is 6.01. The van der Waals surface area contributed by atoms with Gasteiger partial charge in [-0.2, -0.15) is 0 Å². The van der Waals surface area contributed by atoms with Crippen molar-refractivity contribution in [1.82, 2.24) is 19.8 Å². The molecule has 9 heteroatoms. The van der Waals surface area contributed by atoms with Crippen molar-refractivity contribution in [3.63, 3.8) is 0 Å². The van der Waals surface area contributed by atoms with Crippen LogP contribution in [0.5, 0.6) is 0 Å². The lowest BCUT2D eigenvalue weighted by Crippen LogP contribution is -2.50. The third-order valence-corrected chi connectivity index (χ3v) is 5.58. The first-order chi connectivity index (χ1) is 14.3. The molecule has 2 heterocycles. The summed E-state index contributed by atoms with van der Waals surface area (Å²) in [6.07, 6.45) is 2.21. The molecule has 0 saturated heterocycles. The minimum atomic E-state index is -0.976. The third kappa shape index (κ3) is 5.25. The molecule has 0 saturated carbocycles. The van der Waals surface area contributed by atoms with Crippen LogP contribution in [0.15, 0.2) is 52.5 Å². The van der Waals surface area contributed by atoms with Crippen molar-refractivity contribution in [1.29, 1.82) is 0 Å². The molecule has 0 radical (unpaired) electrons. The largest absolute Gasteiger partial charge is 0.467 e. The van der Waals surface area contributed by atoms with Gasteiger partial charge in [-0.25, -0.2) is 0 Å². The Balaban J connectivity index is 2.02. The number of hydrogen-bond acceptors (Lipinski definition) is 6. The molecule has 3 aromatic rings. The molecule has 0 aliphatic heterocycles. The van der Waals surface area contributed by atoms with Crippen molar-refractivity contribution in [2.45, 2.75) is 45.3 Å². The van der Waals surface area contributed by atoms with Gasteiger partial charge in [0.1, 0.15) is 5.76 Å². The molecule has 0 spiro atoms. The SMILES string of the molecule is CCC(C)(C)NC(=O)[C@@H](c1ccco1)N(Cc1ccc(Cl)cc1)C(=O)c1csnn1. The molecule has 1 N–H and O–H groups in total.